The molecule has 0 saturated heterocycles. The lowest BCUT2D eigenvalue weighted by atomic mass is 10.1. The molecule has 28 heavy (non-hydrogen) atoms. The van der Waals surface area contributed by atoms with Gasteiger partial charge < -0.3 is 4.74 Å². The number of aromatic nitrogens is 2. The van der Waals surface area contributed by atoms with Crippen molar-refractivity contribution in [1.82, 2.24) is 9.55 Å². The van der Waals surface area contributed by atoms with Crippen molar-refractivity contribution in [3.8, 4) is 0 Å². The molecule has 0 aliphatic heterocycles. The fraction of sp³-hybridized carbons (Fsp3) is 0.348. The highest BCUT2D eigenvalue weighted by molar-refractivity contribution is 5.77. The number of rotatable bonds is 6. The minimum atomic E-state index is -0.274. The topological polar surface area (TPSA) is 61.2 Å². The summed E-state index contributed by atoms with van der Waals surface area (Å²) in [7, 11) is 0. The van der Waals surface area contributed by atoms with Gasteiger partial charge in [0.05, 0.1) is 17.3 Å². The van der Waals surface area contributed by atoms with Crippen LogP contribution in [0.2, 0.25) is 0 Å². The van der Waals surface area contributed by atoms with E-state index in [1.54, 1.807) is 4.57 Å². The maximum atomic E-state index is 12.9. The van der Waals surface area contributed by atoms with Gasteiger partial charge in [0.25, 0.3) is 5.56 Å². The maximum absolute atomic E-state index is 12.9. The maximum Gasteiger partial charge on any atom is 0.306 e. The molecule has 1 heterocycles. The molecule has 3 aromatic rings. The van der Waals surface area contributed by atoms with Crippen LogP contribution in [0.1, 0.15) is 47.8 Å². The van der Waals surface area contributed by atoms with E-state index in [0.717, 1.165) is 29.5 Å². The summed E-state index contributed by atoms with van der Waals surface area (Å²) in [6.07, 6.45) is 2.60. The Bertz CT molecular complexity index is 1080. The van der Waals surface area contributed by atoms with E-state index >= 15 is 0 Å². The summed E-state index contributed by atoms with van der Waals surface area (Å²) in [4.78, 5) is 29.8. The molecule has 0 radical (unpaired) electrons. The first-order valence-electron chi connectivity index (χ1n) is 9.74. The summed E-state index contributed by atoms with van der Waals surface area (Å²) < 4.78 is 7.22. The average molecular weight is 376 g/mol. The lowest BCUT2D eigenvalue weighted by molar-refractivity contribution is -0.144. The number of benzene rings is 2. The summed E-state index contributed by atoms with van der Waals surface area (Å²) in [6.45, 7) is 4.32. The monoisotopic (exact) mass is 376 g/mol. The second-order valence-corrected chi connectivity index (χ2v) is 7.61. The van der Waals surface area contributed by atoms with Crippen LogP contribution in [0, 0.1) is 13.8 Å². The molecule has 1 aliphatic rings. The Morgan fingerprint density at radius 1 is 1.14 bits per heavy atom. The summed E-state index contributed by atoms with van der Waals surface area (Å²) in [6, 6.07) is 13.7. The van der Waals surface area contributed by atoms with Crippen molar-refractivity contribution >= 4 is 16.9 Å². The molecular weight excluding hydrogens is 352 g/mol. The Morgan fingerprint density at radius 3 is 2.57 bits per heavy atom. The number of esters is 1. The number of nitrogens with zero attached hydrogens (tertiary/aromatic N) is 2. The van der Waals surface area contributed by atoms with Crippen molar-refractivity contribution in [2.75, 3.05) is 0 Å². The summed E-state index contributed by atoms with van der Waals surface area (Å²) in [5.41, 5.74) is 3.97. The van der Waals surface area contributed by atoms with Crippen molar-refractivity contribution in [2.24, 2.45) is 0 Å². The second-order valence-electron chi connectivity index (χ2n) is 7.61. The van der Waals surface area contributed by atoms with Gasteiger partial charge >= 0.3 is 5.97 Å². The van der Waals surface area contributed by atoms with Gasteiger partial charge in [-0.25, -0.2) is 4.98 Å². The molecule has 5 nitrogen and oxygen atoms in total. The number of ether oxygens (including phenoxy) is 1. The predicted octanol–water partition coefficient (Wildman–Crippen LogP) is 4.02. The van der Waals surface area contributed by atoms with Crippen molar-refractivity contribution < 1.29 is 9.53 Å². The fourth-order valence-corrected chi connectivity index (χ4v) is 3.68. The Balaban J connectivity index is 1.47. The number of carbonyl (C=O) groups is 1. The number of hydrogen-bond acceptors (Lipinski definition) is 4. The van der Waals surface area contributed by atoms with E-state index in [4.69, 9.17) is 4.74 Å². The minimum absolute atomic E-state index is 0.00768. The van der Waals surface area contributed by atoms with Gasteiger partial charge in [-0.05, 0) is 44.4 Å². The third kappa shape index (κ3) is 3.98. The van der Waals surface area contributed by atoms with Gasteiger partial charge in [-0.3, -0.25) is 14.2 Å². The van der Waals surface area contributed by atoms with Crippen LogP contribution in [0.3, 0.4) is 0 Å². The van der Waals surface area contributed by atoms with Crippen LogP contribution >= 0.6 is 0 Å². The van der Waals surface area contributed by atoms with Gasteiger partial charge in [-0.15, -0.1) is 0 Å². The smallest absolute Gasteiger partial charge is 0.306 e. The van der Waals surface area contributed by atoms with Gasteiger partial charge in [-0.2, -0.15) is 0 Å². The molecule has 0 atom stereocenters. The highest BCUT2D eigenvalue weighted by atomic mass is 16.5. The van der Waals surface area contributed by atoms with Crippen molar-refractivity contribution in [3.05, 3.63) is 75.3 Å². The van der Waals surface area contributed by atoms with Crippen LogP contribution < -0.4 is 5.56 Å². The van der Waals surface area contributed by atoms with Crippen LogP contribution in [0.4, 0.5) is 0 Å². The molecule has 2 aromatic carbocycles. The molecular formula is C23H24N2O3. The third-order valence-electron chi connectivity index (χ3n) is 5.03. The predicted molar refractivity (Wildman–Crippen MR) is 108 cm³/mol. The zero-order chi connectivity index (χ0) is 19.7. The van der Waals surface area contributed by atoms with Gasteiger partial charge in [0.1, 0.15) is 12.4 Å². The average Bonchev–Trinajstić information content (AvgIpc) is 3.49. The Morgan fingerprint density at radius 2 is 1.86 bits per heavy atom. The molecule has 0 unspecified atom stereocenters. The number of aryl methyl sites for hydroxylation is 3. The largest absolute Gasteiger partial charge is 0.461 e. The van der Waals surface area contributed by atoms with Crippen molar-refractivity contribution in [1.29, 1.82) is 0 Å². The van der Waals surface area contributed by atoms with Gasteiger partial charge in [0, 0.05) is 12.5 Å². The number of hydrogen-bond donors (Lipinski definition) is 0. The van der Waals surface area contributed by atoms with Gasteiger partial charge in [0.15, 0.2) is 0 Å². The second kappa shape index (κ2) is 7.58. The molecule has 4 rings (SSSR count). The molecule has 1 aliphatic carbocycles. The van der Waals surface area contributed by atoms with Crippen LogP contribution in [0.15, 0.2) is 47.3 Å². The number of para-hydroxylation sites is 1. The Kier molecular flexibility index (Phi) is 4.99. The third-order valence-corrected chi connectivity index (χ3v) is 5.03. The van der Waals surface area contributed by atoms with E-state index in [9.17, 15) is 9.59 Å². The van der Waals surface area contributed by atoms with E-state index in [0.29, 0.717) is 23.1 Å². The minimum Gasteiger partial charge on any atom is -0.461 e. The number of carbonyl (C=O) groups excluding carboxylic acids is 1. The van der Waals surface area contributed by atoms with E-state index < -0.39 is 0 Å². The molecule has 5 heteroatoms. The first kappa shape index (κ1) is 18.4. The van der Waals surface area contributed by atoms with Crippen LogP contribution in [-0.2, 0) is 22.6 Å². The zero-order valence-electron chi connectivity index (χ0n) is 16.3. The van der Waals surface area contributed by atoms with Crippen LogP contribution in [-0.4, -0.2) is 15.5 Å². The molecule has 0 bridgehead atoms. The normalized spacial score (nSPS) is 13.6. The van der Waals surface area contributed by atoms with Crippen LogP contribution in [0.5, 0.6) is 0 Å². The van der Waals surface area contributed by atoms with Crippen molar-refractivity contribution in [3.63, 3.8) is 0 Å². The first-order chi connectivity index (χ1) is 13.5. The van der Waals surface area contributed by atoms with E-state index in [1.807, 2.05) is 50.2 Å². The Labute approximate surface area is 164 Å². The molecule has 144 valence electrons. The molecule has 1 saturated carbocycles. The quantitative estimate of drug-likeness (QED) is 0.610. The molecule has 0 spiro atoms. The highest BCUT2D eigenvalue weighted by Gasteiger charge is 2.28. The van der Waals surface area contributed by atoms with Crippen LogP contribution in [0.25, 0.3) is 10.9 Å². The Hall–Kier alpha value is -2.95. The SMILES string of the molecule is Cc1cc(C)cc(COC(=O)CCc2nc3ccccc3c(=O)n2C2CC2)c1. The van der Waals surface area contributed by atoms with Gasteiger partial charge in [-0.1, -0.05) is 41.5 Å². The standard InChI is InChI=1S/C23H24N2O3/c1-15-11-16(2)13-17(12-15)14-28-22(26)10-9-21-24-20-6-4-3-5-19(20)23(27)25(21)18-7-8-18/h3-6,11-13,18H,7-10,14H2,1-2H3. The van der Waals surface area contributed by atoms with E-state index in [-0.39, 0.29) is 30.6 Å². The van der Waals surface area contributed by atoms with E-state index in [1.165, 1.54) is 0 Å². The molecule has 0 amide bonds. The molecule has 0 N–H and O–H groups in total. The van der Waals surface area contributed by atoms with Crippen molar-refractivity contribution in [2.45, 2.75) is 52.2 Å². The summed E-state index contributed by atoms with van der Waals surface area (Å²) >= 11 is 0. The van der Waals surface area contributed by atoms with E-state index in [2.05, 4.69) is 11.1 Å². The fourth-order valence-electron chi connectivity index (χ4n) is 3.68. The summed E-state index contributed by atoms with van der Waals surface area (Å²) in [5.74, 6) is 0.401. The van der Waals surface area contributed by atoms with Gasteiger partial charge in [0.2, 0.25) is 0 Å². The first-order valence-corrected chi connectivity index (χ1v) is 9.74. The highest BCUT2D eigenvalue weighted by Crippen LogP contribution is 2.34. The molecule has 1 fully saturated rings. The zero-order valence-corrected chi connectivity index (χ0v) is 16.3. The lowest BCUT2D eigenvalue weighted by Gasteiger charge is -2.13. The number of fused-ring (bicyclic) bond motifs is 1. The lowest BCUT2D eigenvalue weighted by Crippen LogP contribution is -2.25. The molecule has 1 aromatic heterocycles. The summed E-state index contributed by atoms with van der Waals surface area (Å²) in [5, 5.41) is 0.635.